The van der Waals surface area contributed by atoms with Gasteiger partial charge in [0, 0.05) is 13.1 Å². The van der Waals surface area contributed by atoms with Crippen LogP contribution in [0.25, 0.3) is 10.2 Å². The molecule has 0 aliphatic carbocycles. The maximum absolute atomic E-state index is 12.9. The van der Waals surface area contributed by atoms with E-state index in [4.69, 9.17) is 11.6 Å². The van der Waals surface area contributed by atoms with Gasteiger partial charge in [0.05, 0.1) is 14.6 Å². The molecule has 0 saturated heterocycles. The van der Waals surface area contributed by atoms with Gasteiger partial charge in [-0.25, -0.2) is 4.39 Å². The van der Waals surface area contributed by atoms with Crippen molar-refractivity contribution >= 4 is 39.1 Å². The topological polar surface area (TPSA) is 34.0 Å². The average Bonchev–Trinajstić information content (AvgIpc) is 3.01. The lowest BCUT2D eigenvalue weighted by Gasteiger charge is -2.08. The van der Waals surface area contributed by atoms with Gasteiger partial charge in [-0.05, 0) is 36.8 Å². The van der Waals surface area contributed by atoms with Crippen LogP contribution in [-0.2, 0) is 13.1 Å². The highest BCUT2D eigenvalue weighted by molar-refractivity contribution is 7.22. The fourth-order valence-corrected chi connectivity index (χ4v) is 3.59. The minimum atomic E-state index is -0.285. The lowest BCUT2D eigenvalue weighted by molar-refractivity contribution is 0.0942. The molecule has 1 amide bonds. The Labute approximate surface area is 136 Å². The minimum Gasteiger partial charge on any atom is -0.347 e. The normalized spacial score (nSPS) is 11.0. The van der Waals surface area contributed by atoms with Crippen molar-refractivity contribution in [3.63, 3.8) is 0 Å². The number of nitrogens with one attached hydrogen (secondary N) is 1. The summed E-state index contributed by atoms with van der Waals surface area (Å²) < 4.78 is 16.5. The van der Waals surface area contributed by atoms with Gasteiger partial charge in [-0.2, -0.15) is 0 Å². The quantitative estimate of drug-likeness (QED) is 0.750. The number of nitrogens with zero attached hydrogens (tertiary/aromatic N) is 1. The van der Waals surface area contributed by atoms with E-state index in [0.29, 0.717) is 23.1 Å². The first kappa shape index (κ1) is 15.1. The third-order valence-electron chi connectivity index (χ3n) is 3.47. The molecule has 2 heterocycles. The van der Waals surface area contributed by atoms with Gasteiger partial charge in [0.2, 0.25) is 0 Å². The van der Waals surface area contributed by atoms with Crippen LogP contribution in [0.4, 0.5) is 4.39 Å². The lowest BCUT2D eigenvalue weighted by Crippen LogP contribution is -2.25. The summed E-state index contributed by atoms with van der Waals surface area (Å²) in [4.78, 5) is 12.4. The van der Waals surface area contributed by atoms with Crippen LogP contribution in [0.3, 0.4) is 0 Å². The van der Waals surface area contributed by atoms with E-state index in [1.54, 1.807) is 12.1 Å². The van der Waals surface area contributed by atoms with Crippen LogP contribution in [0.1, 0.15) is 23.0 Å². The number of amides is 1. The second-order valence-corrected chi connectivity index (χ2v) is 6.60. The molecular weight excluding hydrogens is 323 g/mol. The van der Waals surface area contributed by atoms with Crippen molar-refractivity contribution in [3.05, 3.63) is 57.8 Å². The third kappa shape index (κ3) is 2.87. The predicted molar refractivity (Wildman–Crippen MR) is 88.1 cm³/mol. The van der Waals surface area contributed by atoms with Crippen LogP contribution in [0, 0.1) is 5.82 Å². The fourth-order valence-electron chi connectivity index (χ4n) is 2.42. The molecule has 0 aliphatic heterocycles. The van der Waals surface area contributed by atoms with E-state index >= 15 is 0 Å². The van der Waals surface area contributed by atoms with E-state index in [1.165, 1.54) is 23.5 Å². The second kappa shape index (κ2) is 6.10. The van der Waals surface area contributed by atoms with E-state index in [-0.39, 0.29) is 11.7 Å². The minimum absolute atomic E-state index is 0.148. The van der Waals surface area contributed by atoms with Gasteiger partial charge in [0.15, 0.2) is 0 Å². The third-order valence-corrected chi connectivity index (χ3v) is 4.68. The van der Waals surface area contributed by atoms with Crippen LogP contribution in [0.2, 0.25) is 4.34 Å². The van der Waals surface area contributed by atoms with Crippen molar-refractivity contribution in [1.29, 1.82) is 0 Å². The molecule has 0 unspecified atom stereocenters. The maximum atomic E-state index is 12.9. The van der Waals surface area contributed by atoms with Crippen LogP contribution in [0.15, 0.2) is 36.4 Å². The number of carbonyl (C=O) groups is 1. The number of aromatic nitrogens is 1. The SMILES string of the molecule is CCn1c(C(=O)NCc2ccc(F)cc2)cc2sc(Cl)cc21. The molecular formula is C16H14ClFN2OS. The number of hydrogen-bond donors (Lipinski definition) is 1. The van der Waals surface area contributed by atoms with Crippen molar-refractivity contribution in [2.75, 3.05) is 0 Å². The molecule has 0 bridgehead atoms. The molecule has 3 nitrogen and oxygen atoms in total. The van der Waals surface area contributed by atoms with Crippen LogP contribution >= 0.6 is 22.9 Å². The molecule has 1 N–H and O–H groups in total. The van der Waals surface area contributed by atoms with Gasteiger partial charge < -0.3 is 9.88 Å². The zero-order valence-corrected chi connectivity index (χ0v) is 13.5. The molecule has 0 atom stereocenters. The lowest BCUT2D eigenvalue weighted by atomic mass is 10.2. The fraction of sp³-hybridized carbons (Fsp3) is 0.188. The van der Waals surface area contributed by atoms with E-state index in [9.17, 15) is 9.18 Å². The van der Waals surface area contributed by atoms with Gasteiger partial charge in [0.1, 0.15) is 11.5 Å². The van der Waals surface area contributed by atoms with Gasteiger partial charge in [0.25, 0.3) is 5.91 Å². The number of rotatable bonds is 4. The van der Waals surface area contributed by atoms with E-state index in [1.807, 2.05) is 23.6 Å². The number of halogens is 2. The molecule has 0 spiro atoms. The highest BCUT2D eigenvalue weighted by Crippen LogP contribution is 2.32. The molecule has 3 rings (SSSR count). The van der Waals surface area contributed by atoms with Crippen LogP contribution in [-0.4, -0.2) is 10.5 Å². The first-order chi connectivity index (χ1) is 10.6. The van der Waals surface area contributed by atoms with Crippen molar-refractivity contribution in [2.24, 2.45) is 0 Å². The molecule has 1 aromatic carbocycles. The van der Waals surface area contributed by atoms with Crippen LogP contribution in [0.5, 0.6) is 0 Å². The zero-order valence-electron chi connectivity index (χ0n) is 11.9. The zero-order chi connectivity index (χ0) is 15.7. The summed E-state index contributed by atoms with van der Waals surface area (Å²) in [6.45, 7) is 3.04. The molecule has 0 radical (unpaired) electrons. The van der Waals surface area contributed by atoms with Crippen molar-refractivity contribution in [1.82, 2.24) is 9.88 Å². The Morgan fingerprint density at radius 3 is 2.73 bits per heavy atom. The first-order valence-corrected chi connectivity index (χ1v) is 8.09. The maximum Gasteiger partial charge on any atom is 0.268 e. The Hall–Kier alpha value is -1.85. The Kier molecular flexibility index (Phi) is 4.18. The number of carbonyl (C=O) groups excluding carboxylic acids is 1. The number of thiophene rings is 1. The Balaban J connectivity index is 1.79. The Morgan fingerprint density at radius 2 is 2.05 bits per heavy atom. The molecule has 3 aromatic rings. The van der Waals surface area contributed by atoms with E-state index in [0.717, 1.165) is 15.8 Å². The Bertz CT molecular complexity index is 823. The first-order valence-electron chi connectivity index (χ1n) is 6.89. The molecule has 114 valence electrons. The van der Waals surface area contributed by atoms with Crippen molar-refractivity contribution < 1.29 is 9.18 Å². The largest absolute Gasteiger partial charge is 0.347 e. The standard InChI is InChI=1S/C16H14ClFN2OS/c1-2-20-12-8-15(17)22-14(12)7-13(20)16(21)19-9-10-3-5-11(18)6-4-10/h3-8H,2,9H2,1H3,(H,19,21). The molecule has 22 heavy (non-hydrogen) atoms. The second-order valence-electron chi connectivity index (χ2n) is 4.88. The van der Waals surface area contributed by atoms with Crippen LogP contribution < -0.4 is 5.32 Å². The summed E-state index contributed by atoms with van der Waals surface area (Å²) in [7, 11) is 0. The van der Waals surface area contributed by atoms with Gasteiger partial charge in [-0.3, -0.25) is 4.79 Å². The summed E-state index contributed by atoms with van der Waals surface area (Å²) in [6.07, 6.45) is 0. The van der Waals surface area contributed by atoms with Crippen molar-refractivity contribution in [2.45, 2.75) is 20.0 Å². The Morgan fingerprint density at radius 1 is 1.32 bits per heavy atom. The molecule has 0 saturated carbocycles. The summed E-state index contributed by atoms with van der Waals surface area (Å²) in [5, 5.41) is 2.86. The summed E-state index contributed by atoms with van der Waals surface area (Å²) in [6, 6.07) is 9.82. The summed E-state index contributed by atoms with van der Waals surface area (Å²) in [5.74, 6) is -0.433. The van der Waals surface area contributed by atoms with E-state index < -0.39 is 0 Å². The summed E-state index contributed by atoms with van der Waals surface area (Å²) >= 11 is 7.47. The number of hydrogen-bond acceptors (Lipinski definition) is 2. The molecule has 6 heteroatoms. The van der Waals surface area contributed by atoms with Gasteiger partial charge in [-0.15, -0.1) is 11.3 Å². The number of benzene rings is 1. The van der Waals surface area contributed by atoms with Gasteiger partial charge in [-0.1, -0.05) is 23.7 Å². The highest BCUT2D eigenvalue weighted by Gasteiger charge is 2.16. The smallest absolute Gasteiger partial charge is 0.268 e. The van der Waals surface area contributed by atoms with E-state index in [2.05, 4.69) is 5.32 Å². The number of fused-ring (bicyclic) bond motifs is 1. The molecule has 2 aromatic heterocycles. The molecule has 0 fully saturated rings. The van der Waals surface area contributed by atoms with Gasteiger partial charge >= 0.3 is 0 Å². The highest BCUT2D eigenvalue weighted by atomic mass is 35.5. The summed E-state index contributed by atoms with van der Waals surface area (Å²) in [5.41, 5.74) is 2.45. The van der Waals surface area contributed by atoms with Crippen molar-refractivity contribution in [3.8, 4) is 0 Å². The predicted octanol–water partition coefficient (Wildman–Crippen LogP) is 4.45. The number of aryl methyl sites for hydroxylation is 1. The molecule has 0 aliphatic rings. The monoisotopic (exact) mass is 336 g/mol. The average molecular weight is 337 g/mol.